The van der Waals surface area contributed by atoms with E-state index in [1.807, 2.05) is 29.0 Å². The number of hydrogen-bond donors (Lipinski definition) is 0. The highest BCUT2D eigenvalue weighted by Gasteiger charge is 2.57. The third-order valence-electron chi connectivity index (χ3n) is 7.48. The fourth-order valence-electron chi connectivity index (χ4n) is 5.84. The molecule has 33 heavy (non-hydrogen) atoms. The van der Waals surface area contributed by atoms with Gasteiger partial charge in [0.05, 0.1) is 0 Å². The fraction of sp³-hybridized carbons (Fsp3) is 0.500. The van der Waals surface area contributed by atoms with Gasteiger partial charge in [0.15, 0.2) is 0 Å². The average Bonchev–Trinajstić information content (AvgIpc) is 3.20. The van der Waals surface area contributed by atoms with E-state index in [9.17, 15) is 19.2 Å². The first kappa shape index (κ1) is 22.0. The van der Waals surface area contributed by atoms with Gasteiger partial charge in [-0.2, -0.15) is 0 Å². The molecule has 2 bridgehead atoms. The van der Waals surface area contributed by atoms with Crippen LogP contribution in [0.2, 0.25) is 0 Å². The lowest BCUT2D eigenvalue weighted by Gasteiger charge is -2.48. The molecule has 9 heteroatoms. The third-order valence-corrected chi connectivity index (χ3v) is 8.50. The van der Waals surface area contributed by atoms with Gasteiger partial charge >= 0.3 is 6.03 Å². The Labute approximate surface area is 196 Å². The van der Waals surface area contributed by atoms with E-state index in [0.29, 0.717) is 19.6 Å². The number of urea groups is 1. The van der Waals surface area contributed by atoms with Gasteiger partial charge in [0.2, 0.25) is 11.8 Å². The van der Waals surface area contributed by atoms with Crippen LogP contribution in [-0.4, -0.2) is 70.8 Å². The molecule has 0 radical (unpaired) electrons. The summed E-state index contributed by atoms with van der Waals surface area (Å²) in [5.74, 6) is -0.410. The van der Waals surface area contributed by atoms with Crippen LogP contribution < -0.4 is 5.56 Å². The zero-order valence-electron chi connectivity index (χ0n) is 19.1. The molecule has 0 aromatic carbocycles. The second kappa shape index (κ2) is 7.92. The highest BCUT2D eigenvalue weighted by molar-refractivity contribution is 7.10. The molecule has 174 valence electrons. The maximum Gasteiger partial charge on any atom is 0.332 e. The molecular formula is C24H28N4O4S. The van der Waals surface area contributed by atoms with E-state index in [1.165, 1.54) is 25.4 Å². The number of carbonyl (C=O) groups is 3. The van der Waals surface area contributed by atoms with Crippen molar-refractivity contribution < 1.29 is 14.4 Å². The lowest BCUT2D eigenvalue weighted by Crippen LogP contribution is -2.67. The number of aromatic nitrogens is 1. The van der Waals surface area contributed by atoms with Gasteiger partial charge in [0.1, 0.15) is 5.41 Å². The molecule has 8 nitrogen and oxygen atoms in total. The van der Waals surface area contributed by atoms with Crippen LogP contribution in [0.25, 0.3) is 0 Å². The molecule has 0 unspecified atom stereocenters. The molecule has 2 atom stereocenters. The minimum atomic E-state index is -1.35. The summed E-state index contributed by atoms with van der Waals surface area (Å²) in [5, 5.41) is 1.97. The van der Waals surface area contributed by atoms with Crippen LogP contribution in [0.15, 0.2) is 34.4 Å². The Morgan fingerprint density at radius 3 is 2.39 bits per heavy atom. The van der Waals surface area contributed by atoms with Crippen LogP contribution in [0.4, 0.5) is 4.79 Å². The predicted molar refractivity (Wildman–Crippen MR) is 124 cm³/mol. The number of fused-ring (bicyclic) bond motifs is 4. The molecule has 0 spiro atoms. The molecule has 0 N–H and O–H groups in total. The van der Waals surface area contributed by atoms with Crippen molar-refractivity contribution in [3.63, 3.8) is 0 Å². The molecule has 2 saturated heterocycles. The molecule has 3 aliphatic heterocycles. The van der Waals surface area contributed by atoms with E-state index < -0.39 is 23.3 Å². The highest BCUT2D eigenvalue weighted by atomic mass is 32.1. The van der Waals surface area contributed by atoms with Crippen molar-refractivity contribution in [2.45, 2.75) is 32.2 Å². The molecule has 3 aliphatic rings. The maximum atomic E-state index is 13.6. The minimum Gasteiger partial charge on any atom is -0.312 e. The molecule has 2 aromatic rings. The van der Waals surface area contributed by atoms with Crippen molar-refractivity contribution in [1.82, 2.24) is 19.3 Å². The first-order valence-corrected chi connectivity index (χ1v) is 12.1. The maximum absolute atomic E-state index is 13.6. The Hall–Kier alpha value is -2.78. The number of likely N-dealkylation sites (tertiary alicyclic amines) is 1. The average molecular weight is 469 g/mol. The van der Waals surface area contributed by atoms with Crippen molar-refractivity contribution in [1.29, 1.82) is 0 Å². The molecular weight excluding hydrogens is 440 g/mol. The van der Waals surface area contributed by atoms with Crippen LogP contribution in [0.3, 0.4) is 0 Å². The van der Waals surface area contributed by atoms with Gasteiger partial charge in [-0.3, -0.25) is 24.2 Å². The van der Waals surface area contributed by atoms with Gasteiger partial charge < -0.3 is 9.47 Å². The topological polar surface area (TPSA) is 82.9 Å². The zero-order valence-corrected chi connectivity index (χ0v) is 19.9. The van der Waals surface area contributed by atoms with Gasteiger partial charge in [0.25, 0.3) is 5.56 Å². The van der Waals surface area contributed by atoms with Crippen molar-refractivity contribution in [2.75, 3.05) is 33.7 Å². The standard InChI is InChI=1S/C24H28N4O4S/c1-15-7-8-33-19(15)10-24(21(30)25(2)23(32)26(3)22(24)31)14-27-11-16-9-17(13-27)18-5-4-6-20(29)28(18)12-16/h4-8,16-17H,9-14H2,1-3H3/t16-,17-/m1/s1. The van der Waals surface area contributed by atoms with Crippen LogP contribution in [-0.2, 0) is 22.6 Å². The van der Waals surface area contributed by atoms with Crippen molar-refractivity contribution in [3.8, 4) is 0 Å². The highest BCUT2D eigenvalue weighted by Crippen LogP contribution is 2.40. The summed E-state index contributed by atoms with van der Waals surface area (Å²) in [6.07, 6.45) is 1.27. The summed E-state index contributed by atoms with van der Waals surface area (Å²) >= 11 is 1.54. The second-order valence-corrected chi connectivity index (χ2v) is 10.7. The lowest BCUT2D eigenvalue weighted by atomic mass is 9.76. The number of piperidine rings is 1. The molecule has 2 aromatic heterocycles. The molecule has 2 fully saturated rings. The number of carbonyl (C=O) groups excluding carboxylic acids is 3. The molecule has 5 rings (SSSR count). The van der Waals surface area contributed by atoms with E-state index in [1.54, 1.807) is 12.1 Å². The largest absolute Gasteiger partial charge is 0.332 e. The summed E-state index contributed by atoms with van der Waals surface area (Å²) in [6, 6.07) is 6.81. The first-order valence-electron chi connectivity index (χ1n) is 11.3. The Morgan fingerprint density at radius 1 is 1.00 bits per heavy atom. The summed E-state index contributed by atoms with van der Waals surface area (Å²) in [5.41, 5.74) is 0.748. The van der Waals surface area contributed by atoms with Gasteiger partial charge in [-0.05, 0) is 42.3 Å². The number of hydrogen-bond acceptors (Lipinski definition) is 6. The molecule has 0 saturated carbocycles. The quantitative estimate of drug-likeness (QED) is 0.641. The van der Waals surface area contributed by atoms with E-state index in [0.717, 1.165) is 32.4 Å². The number of amides is 4. The summed E-state index contributed by atoms with van der Waals surface area (Å²) in [7, 11) is 2.91. The van der Waals surface area contributed by atoms with Crippen molar-refractivity contribution in [3.05, 3.63) is 56.1 Å². The van der Waals surface area contributed by atoms with Crippen molar-refractivity contribution >= 4 is 29.2 Å². The van der Waals surface area contributed by atoms with Gasteiger partial charge in [-0.15, -0.1) is 11.3 Å². The van der Waals surface area contributed by atoms with Crippen LogP contribution in [0, 0.1) is 18.3 Å². The lowest BCUT2D eigenvalue weighted by molar-refractivity contribution is -0.159. The SMILES string of the molecule is Cc1ccsc1CC1(CN2C[C@H]3C[C@H](C2)c2cccc(=O)n2C3)C(=O)N(C)C(=O)N(C)C1=O. The summed E-state index contributed by atoms with van der Waals surface area (Å²) in [6.45, 7) is 4.28. The Morgan fingerprint density at radius 2 is 1.73 bits per heavy atom. The van der Waals surface area contributed by atoms with Crippen molar-refractivity contribution in [2.24, 2.45) is 11.3 Å². The minimum absolute atomic E-state index is 0.0275. The number of rotatable bonds is 4. The number of imide groups is 2. The van der Waals surface area contributed by atoms with Crippen LogP contribution in [0.5, 0.6) is 0 Å². The van der Waals surface area contributed by atoms with Gasteiger partial charge in [-0.25, -0.2) is 4.79 Å². The van der Waals surface area contributed by atoms with E-state index in [-0.39, 0.29) is 30.4 Å². The van der Waals surface area contributed by atoms with E-state index in [4.69, 9.17) is 0 Å². The van der Waals surface area contributed by atoms with E-state index >= 15 is 0 Å². The Kier molecular flexibility index (Phi) is 5.29. The number of aryl methyl sites for hydroxylation is 1. The predicted octanol–water partition coefficient (Wildman–Crippen LogP) is 1.92. The number of pyridine rings is 1. The Bertz CT molecular complexity index is 1180. The molecule has 4 amide bonds. The summed E-state index contributed by atoms with van der Waals surface area (Å²) in [4.78, 5) is 57.4. The van der Waals surface area contributed by atoms with Crippen LogP contribution >= 0.6 is 11.3 Å². The van der Waals surface area contributed by atoms with Gasteiger partial charge in [0, 0.05) is 69.3 Å². The Balaban J connectivity index is 1.50. The van der Waals surface area contributed by atoms with E-state index in [2.05, 4.69) is 4.90 Å². The summed E-state index contributed by atoms with van der Waals surface area (Å²) < 4.78 is 1.87. The number of thiophene rings is 1. The second-order valence-electron chi connectivity index (χ2n) is 9.69. The first-order chi connectivity index (χ1) is 15.7. The van der Waals surface area contributed by atoms with Gasteiger partial charge in [-0.1, -0.05) is 6.07 Å². The zero-order chi connectivity index (χ0) is 23.5. The fourth-order valence-corrected chi connectivity index (χ4v) is 6.86. The van der Waals surface area contributed by atoms with Crippen LogP contribution in [0.1, 0.15) is 28.5 Å². The monoisotopic (exact) mass is 468 g/mol. The number of nitrogens with zero attached hydrogens (tertiary/aromatic N) is 4. The third kappa shape index (κ3) is 3.45. The smallest absolute Gasteiger partial charge is 0.312 e. The molecule has 5 heterocycles. The molecule has 0 aliphatic carbocycles. The number of barbiturate groups is 1. The normalized spacial score (nSPS) is 24.9.